The summed E-state index contributed by atoms with van der Waals surface area (Å²) in [5, 5.41) is 9.88. The molecule has 1 saturated heterocycles. The lowest BCUT2D eigenvalue weighted by Crippen LogP contribution is -2.37. The van der Waals surface area contributed by atoms with Crippen LogP contribution in [-0.4, -0.2) is 28.6 Å². The smallest absolute Gasteiger partial charge is 0.320 e. The number of halogens is 2. The Morgan fingerprint density at radius 3 is 2.94 bits per heavy atom. The quantitative estimate of drug-likeness (QED) is 0.917. The molecule has 5 heteroatoms. The van der Waals surface area contributed by atoms with Gasteiger partial charge < -0.3 is 5.11 Å². The van der Waals surface area contributed by atoms with Crippen molar-refractivity contribution in [3.8, 4) is 0 Å². The molecule has 0 aromatic heterocycles. The Bertz CT molecular complexity index is 466. The van der Waals surface area contributed by atoms with Crippen LogP contribution >= 0.6 is 27.5 Å². The number of carboxylic acid groups (broad SMARTS) is 1. The summed E-state index contributed by atoms with van der Waals surface area (Å²) in [5.41, 5.74) is 0.980. The first-order valence-corrected chi connectivity index (χ1v) is 7.11. The van der Waals surface area contributed by atoms with Gasteiger partial charge in [0.1, 0.15) is 6.04 Å². The molecule has 0 saturated carbocycles. The van der Waals surface area contributed by atoms with Crippen molar-refractivity contribution in [3.63, 3.8) is 0 Å². The van der Waals surface area contributed by atoms with Gasteiger partial charge in [-0.05, 0) is 44.0 Å². The highest BCUT2D eigenvalue weighted by Crippen LogP contribution is 2.34. The first kappa shape index (κ1) is 13.8. The van der Waals surface area contributed by atoms with Gasteiger partial charge in [0.15, 0.2) is 0 Å². The van der Waals surface area contributed by atoms with Gasteiger partial charge in [-0.3, -0.25) is 9.69 Å². The van der Waals surface area contributed by atoms with Crippen LogP contribution in [0.1, 0.15) is 31.4 Å². The van der Waals surface area contributed by atoms with E-state index in [0.717, 1.165) is 23.0 Å². The third-order valence-corrected chi connectivity index (χ3v) is 4.31. The van der Waals surface area contributed by atoms with Gasteiger partial charge in [0.2, 0.25) is 0 Å². The number of likely N-dealkylation sites (tertiary alicyclic amines) is 1. The third kappa shape index (κ3) is 2.71. The molecule has 0 aliphatic carbocycles. The van der Waals surface area contributed by atoms with E-state index in [4.69, 9.17) is 11.6 Å². The van der Waals surface area contributed by atoms with E-state index in [0.29, 0.717) is 11.4 Å². The van der Waals surface area contributed by atoms with Crippen LogP contribution in [0.4, 0.5) is 0 Å². The molecule has 18 heavy (non-hydrogen) atoms. The van der Waals surface area contributed by atoms with Crippen molar-refractivity contribution in [3.05, 3.63) is 33.3 Å². The Kier molecular flexibility index (Phi) is 4.30. The first-order valence-electron chi connectivity index (χ1n) is 5.94. The monoisotopic (exact) mass is 331 g/mol. The van der Waals surface area contributed by atoms with Crippen molar-refractivity contribution in [1.82, 2.24) is 4.90 Å². The first-order chi connectivity index (χ1) is 8.50. The number of nitrogens with zero attached hydrogens (tertiary/aromatic N) is 1. The highest BCUT2D eigenvalue weighted by atomic mass is 79.9. The van der Waals surface area contributed by atoms with Crippen LogP contribution in [0.5, 0.6) is 0 Å². The van der Waals surface area contributed by atoms with Crippen molar-refractivity contribution < 1.29 is 9.90 Å². The second kappa shape index (κ2) is 5.59. The minimum Gasteiger partial charge on any atom is -0.480 e. The summed E-state index contributed by atoms with van der Waals surface area (Å²) in [5.74, 6) is -0.743. The normalized spacial score (nSPS) is 22.1. The molecule has 1 aromatic carbocycles. The summed E-state index contributed by atoms with van der Waals surface area (Å²) in [6, 6.07) is 5.37. The van der Waals surface area contributed by atoms with Gasteiger partial charge in [-0.1, -0.05) is 33.6 Å². The molecule has 2 atom stereocenters. The van der Waals surface area contributed by atoms with Crippen LogP contribution in [0.15, 0.2) is 22.7 Å². The van der Waals surface area contributed by atoms with Crippen molar-refractivity contribution in [2.45, 2.75) is 31.8 Å². The molecule has 2 unspecified atom stereocenters. The summed E-state index contributed by atoms with van der Waals surface area (Å²) in [6.45, 7) is 2.82. The van der Waals surface area contributed by atoms with E-state index in [1.54, 1.807) is 0 Å². The fourth-order valence-electron chi connectivity index (χ4n) is 2.54. The largest absolute Gasteiger partial charge is 0.480 e. The molecule has 98 valence electrons. The van der Waals surface area contributed by atoms with E-state index >= 15 is 0 Å². The fourth-order valence-corrected chi connectivity index (χ4v) is 3.37. The lowest BCUT2D eigenvalue weighted by atomic mass is 10.1. The van der Waals surface area contributed by atoms with Gasteiger partial charge in [0.25, 0.3) is 0 Å². The molecule has 1 N–H and O–H groups in total. The van der Waals surface area contributed by atoms with Crippen LogP contribution in [0.25, 0.3) is 0 Å². The van der Waals surface area contributed by atoms with Gasteiger partial charge in [-0.2, -0.15) is 0 Å². The molecule has 1 aliphatic rings. The minimum atomic E-state index is -0.743. The van der Waals surface area contributed by atoms with E-state index in [1.807, 2.05) is 30.0 Å². The zero-order valence-electron chi connectivity index (χ0n) is 10.1. The SMILES string of the molecule is CC(c1ccc(Br)cc1Cl)N1CCCC1C(=O)O. The highest BCUT2D eigenvalue weighted by molar-refractivity contribution is 9.10. The molecule has 2 rings (SSSR count). The number of hydrogen-bond acceptors (Lipinski definition) is 2. The summed E-state index contributed by atoms with van der Waals surface area (Å²) < 4.78 is 0.930. The summed E-state index contributed by atoms with van der Waals surface area (Å²) in [6.07, 6.45) is 1.64. The Morgan fingerprint density at radius 1 is 1.61 bits per heavy atom. The third-order valence-electron chi connectivity index (χ3n) is 3.49. The Labute approximate surface area is 120 Å². The zero-order valence-corrected chi connectivity index (χ0v) is 12.4. The molecule has 1 heterocycles. The number of hydrogen-bond donors (Lipinski definition) is 1. The Morgan fingerprint density at radius 2 is 2.33 bits per heavy atom. The molecular weight excluding hydrogens is 318 g/mol. The van der Waals surface area contributed by atoms with Crippen LogP contribution in [0.2, 0.25) is 5.02 Å². The molecule has 0 radical (unpaired) electrons. The molecule has 0 amide bonds. The number of carbonyl (C=O) groups is 1. The molecule has 1 fully saturated rings. The van der Waals surface area contributed by atoms with E-state index in [1.165, 1.54) is 0 Å². The van der Waals surface area contributed by atoms with E-state index in [-0.39, 0.29) is 12.1 Å². The highest BCUT2D eigenvalue weighted by Gasteiger charge is 2.34. The van der Waals surface area contributed by atoms with Gasteiger partial charge >= 0.3 is 5.97 Å². The van der Waals surface area contributed by atoms with Crippen LogP contribution in [0.3, 0.4) is 0 Å². The molecule has 0 bridgehead atoms. The topological polar surface area (TPSA) is 40.5 Å². The molecule has 3 nitrogen and oxygen atoms in total. The predicted octanol–water partition coefficient (Wildman–Crippen LogP) is 3.71. The lowest BCUT2D eigenvalue weighted by Gasteiger charge is -2.29. The Hall–Kier alpha value is -0.580. The summed E-state index contributed by atoms with van der Waals surface area (Å²) in [4.78, 5) is 13.2. The second-order valence-electron chi connectivity index (χ2n) is 4.58. The zero-order chi connectivity index (χ0) is 13.3. The fraction of sp³-hybridized carbons (Fsp3) is 0.462. The second-order valence-corrected chi connectivity index (χ2v) is 5.90. The van der Waals surface area contributed by atoms with Crippen LogP contribution < -0.4 is 0 Å². The van der Waals surface area contributed by atoms with Gasteiger partial charge in [-0.15, -0.1) is 0 Å². The summed E-state index contributed by atoms with van der Waals surface area (Å²) in [7, 11) is 0. The number of benzene rings is 1. The van der Waals surface area contributed by atoms with Crippen LogP contribution in [-0.2, 0) is 4.79 Å². The van der Waals surface area contributed by atoms with Crippen molar-refractivity contribution in [2.75, 3.05) is 6.54 Å². The number of carboxylic acids is 1. The van der Waals surface area contributed by atoms with Crippen molar-refractivity contribution in [2.24, 2.45) is 0 Å². The minimum absolute atomic E-state index is 0.0224. The molecule has 0 spiro atoms. The molecular formula is C13H15BrClNO2. The van der Waals surface area contributed by atoms with Crippen molar-refractivity contribution >= 4 is 33.5 Å². The molecule has 1 aromatic rings. The lowest BCUT2D eigenvalue weighted by molar-refractivity contribution is -0.142. The average molecular weight is 333 g/mol. The van der Waals surface area contributed by atoms with Crippen molar-refractivity contribution in [1.29, 1.82) is 0 Å². The number of aliphatic carboxylic acids is 1. The van der Waals surface area contributed by atoms with E-state index in [9.17, 15) is 9.90 Å². The maximum atomic E-state index is 11.2. The maximum Gasteiger partial charge on any atom is 0.320 e. The maximum absolute atomic E-state index is 11.2. The summed E-state index contributed by atoms with van der Waals surface area (Å²) >= 11 is 9.60. The average Bonchev–Trinajstić information content (AvgIpc) is 2.77. The predicted molar refractivity (Wildman–Crippen MR) is 74.9 cm³/mol. The van der Waals surface area contributed by atoms with Gasteiger partial charge in [0, 0.05) is 15.5 Å². The standard InChI is InChI=1S/C13H15BrClNO2/c1-8(10-5-4-9(14)7-11(10)15)16-6-2-3-12(16)13(17)18/h4-5,7-8,12H,2-3,6H2,1H3,(H,17,18). The Balaban J connectivity index is 2.25. The van der Waals surface area contributed by atoms with E-state index in [2.05, 4.69) is 15.9 Å². The van der Waals surface area contributed by atoms with E-state index < -0.39 is 5.97 Å². The van der Waals surface area contributed by atoms with Gasteiger partial charge in [0.05, 0.1) is 0 Å². The van der Waals surface area contributed by atoms with Crippen LogP contribution in [0, 0.1) is 0 Å². The molecule has 1 aliphatic heterocycles. The van der Waals surface area contributed by atoms with Gasteiger partial charge in [-0.25, -0.2) is 0 Å². The number of rotatable bonds is 3.